The molecule has 138 valence electrons. The van der Waals surface area contributed by atoms with Gasteiger partial charge in [-0.2, -0.15) is 0 Å². The van der Waals surface area contributed by atoms with Gasteiger partial charge >= 0.3 is 5.97 Å². The Bertz CT molecular complexity index is 567. The zero-order valence-corrected chi connectivity index (χ0v) is 15.0. The Balaban J connectivity index is 1.99. The van der Waals surface area contributed by atoms with Gasteiger partial charge in [0.25, 0.3) is 5.91 Å². The monoisotopic (exact) mass is 347 g/mol. The molecule has 0 spiro atoms. The zero-order valence-electron chi connectivity index (χ0n) is 15.0. The number of hydrogen-bond donors (Lipinski definition) is 2. The van der Waals surface area contributed by atoms with E-state index in [4.69, 9.17) is 9.84 Å². The molecule has 0 radical (unpaired) electrons. The third kappa shape index (κ3) is 6.86. The summed E-state index contributed by atoms with van der Waals surface area (Å²) in [6, 6.07) is 7.29. The maximum absolute atomic E-state index is 12.6. The molecule has 0 aliphatic heterocycles. The van der Waals surface area contributed by atoms with E-state index in [1.54, 1.807) is 13.2 Å². The quantitative estimate of drug-likeness (QED) is 0.713. The van der Waals surface area contributed by atoms with Crippen LogP contribution in [0.3, 0.4) is 0 Å². The number of carboxylic acid groups (broad SMARTS) is 1. The normalized spacial score (nSPS) is 16.4. The van der Waals surface area contributed by atoms with E-state index in [0.717, 1.165) is 12.0 Å². The number of rotatable bonds is 9. The topological polar surface area (TPSA) is 75.6 Å². The fraction of sp³-hybridized carbons (Fsp3) is 0.600. The van der Waals surface area contributed by atoms with Crippen molar-refractivity contribution in [3.63, 3.8) is 0 Å². The molecule has 1 unspecified atom stereocenters. The van der Waals surface area contributed by atoms with Crippen LogP contribution >= 0.6 is 0 Å². The van der Waals surface area contributed by atoms with Gasteiger partial charge in [0.15, 0.2) is 0 Å². The first-order chi connectivity index (χ1) is 12.1. The molecule has 2 rings (SSSR count). The van der Waals surface area contributed by atoms with Crippen LogP contribution in [0.25, 0.3) is 0 Å². The minimum absolute atomic E-state index is 0.0847. The van der Waals surface area contributed by atoms with Gasteiger partial charge in [-0.25, -0.2) is 0 Å². The van der Waals surface area contributed by atoms with Crippen LogP contribution in [0, 0.1) is 5.92 Å². The molecule has 0 heterocycles. The first kappa shape index (κ1) is 19.4. The third-order valence-electron chi connectivity index (χ3n) is 4.88. The number of carbonyl (C=O) groups excluding carboxylic acids is 1. The lowest BCUT2D eigenvalue weighted by Crippen LogP contribution is -2.37. The van der Waals surface area contributed by atoms with Gasteiger partial charge in [-0.1, -0.05) is 44.2 Å². The maximum atomic E-state index is 12.6. The van der Waals surface area contributed by atoms with E-state index in [0.29, 0.717) is 24.5 Å². The van der Waals surface area contributed by atoms with Crippen molar-refractivity contribution in [3.05, 3.63) is 35.4 Å². The zero-order chi connectivity index (χ0) is 18.1. The number of ether oxygens (including phenoxy) is 1. The van der Waals surface area contributed by atoms with Crippen LogP contribution in [0.4, 0.5) is 0 Å². The molecule has 1 aliphatic rings. The summed E-state index contributed by atoms with van der Waals surface area (Å²) in [4.78, 5) is 23.5. The predicted octanol–water partition coefficient (Wildman–Crippen LogP) is 3.77. The molecule has 25 heavy (non-hydrogen) atoms. The predicted molar refractivity (Wildman–Crippen MR) is 96.5 cm³/mol. The highest BCUT2D eigenvalue weighted by atomic mass is 16.5. The van der Waals surface area contributed by atoms with Crippen LogP contribution in [-0.2, 0) is 16.1 Å². The first-order valence-corrected chi connectivity index (χ1v) is 9.19. The van der Waals surface area contributed by atoms with Crippen molar-refractivity contribution in [3.8, 4) is 0 Å². The number of methoxy groups -OCH3 is 1. The summed E-state index contributed by atoms with van der Waals surface area (Å²) in [6.45, 7) is 0.464. The molecular formula is C20H29NO4. The second-order valence-electron chi connectivity index (χ2n) is 6.98. The number of hydrogen-bond acceptors (Lipinski definition) is 3. The van der Waals surface area contributed by atoms with Crippen molar-refractivity contribution < 1.29 is 19.4 Å². The van der Waals surface area contributed by atoms with Crippen LogP contribution in [0.15, 0.2) is 24.3 Å². The van der Waals surface area contributed by atoms with E-state index in [1.165, 1.54) is 32.1 Å². The molecule has 0 saturated heterocycles. The van der Waals surface area contributed by atoms with Gasteiger partial charge in [0.1, 0.15) is 0 Å². The fourth-order valence-corrected chi connectivity index (χ4v) is 3.61. The summed E-state index contributed by atoms with van der Waals surface area (Å²) < 4.78 is 5.11. The third-order valence-corrected chi connectivity index (χ3v) is 4.88. The Morgan fingerprint density at radius 1 is 1.28 bits per heavy atom. The second-order valence-corrected chi connectivity index (χ2v) is 6.98. The van der Waals surface area contributed by atoms with Gasteiger partial charge < -0.3 is 15.2 Å². The number of aliphatic carboxylic acids is 1. The van der Waals surface area contributed by atoms with Gasteiger partial charge in [-0.3, -0.25) is 9.59 Å². The lowest BCUT2D eigenvalue weighted by Gasteiger charge is -2.27. The molecule has 0 bridgehead atoms. The molecular weight excluding hydrogens is 318 g/mol. The fourth-order valence-electron chi connectivity index (χ4n) is 3.61. The van der Waals surface area contributed by atoms with Crippen LogP contribution in [0.1, 0.15) is 67.3 Å². The molecule has 1 aliphatic carbocycles. The minimum Gasteiger partial charge on any atom is -0.481 e. The molecule has 1 aromatic rings. The van der Waals surface area contributed by atoms with Crippen LogP contribution in [-0.4, -0.2) is 30.1 Å². The number of carbonyl (C=O) groups is 2. The average molecular weight is 347 g/mol. The first-order valence-electron chi connectivity index (χ1n) is 9.19. The summed E-state index contributed by atoms with van der Waals surface area (Å²) in [5, 5.41) is 12.1. The highest BCUT2D eigenvalue weighted by Gasteiger charge is 2.21. The minimum atomic E-state index is -0.815. The Labute approximate surface area is 149 Å². The lowest BCUT2D eigenvalue weighted by molar-refractivity contribution is -0.137. The summed E-state index contributed by atoms with van der Waals surface area (Å²) in [5.41, 5.74) is 1.54. The number of carboxylic acids is 1. The van der Waals surface area contributed by atoms with Crippen LogP contribution in [0.5, 0.6) is 0 Å². The van der Waals surface area contributed by atoms with Crippen molar-refractivity contribution in [2.24, 2.45) is 5.92 Å². The van der Waals surface area contributed by atoms with E-state index in [9.17, 15) is 9.59 Å². The molecule has 1 aromatic carbocycles. The summed E-state index contributed by atoms with van der Waals surface area (Å²) in [6.07, 6.45) is 7.57. The average Bonchev–Trinajstić information content (AvgIpc) is 2.61. The van der Waals surface area contributed by atoms with E-state index < -0.39 is 5.97 Å². The molecule has 5 heteroatoms. The SMILES string of the molecule is COCc1cccc(C(=O)NC(CCC(=O)O)CC2CCCCC2)c1. The number of amides is 1. The highest BCUT2D eigenvalue weighted by Crippen LogP contribution is 2.28. The van der Waals surface area contributed by atoms with Gasteiger partial charge in [0, 0.05) is 25.1 Å². The molecule has 2 N–H and O–H groups in total. The van der Waals surface area contributed by atoms with E-state index in [-0.39, 0.29) is 18.4 Å². The summed E-state index contributed by atoms with van der Waals surface area (Å²) in [7, 11) is 1.62. The summed E-state index contributed by atoms with van der Waals surface area (Å²) >= 11 is 0. The number of benzene rings is 1. The maximum Gasteiger partial charge on any atom is 0.303 e. The second kappa shape index (κ2) is 10.2. The standard InChI is InChI=1S/C20H29NO4/c1-25-14-16-8-5-9-17(12-16)20(24)21-18(10-11-19(22)23)13-15-6-3-2-4-7-15/h5,8-9,12,15,18H,2-4,6-7,10-11,13-14H2,1H3,(H,21,24)(H,22,23). The van der Waals surface area contributed by atoms with Crippen LogP contribution in [0.2, 0.25) is 0 Å². The molecule has 5 nitrogen and oxygen atoms in total. The van der Waals surface area contributed by atoms with Gasteiger partial charge in [-0.15, -0.1) is 0 Å². The van der Waals surface area contributed by atoms with Gasteiger partial charge in [0.2, 0.25) is 0 Å². The Morgan fingerprint density at radius 3 is 2.72 bits per heavy atom. The molecule has 1 saturated carbocycles. The Morgan fingerprint density at radius 2 is 2.04 bits per heavy atom. The summed E-state index contributed by atoms with van der Waals surface area (Å²) in [5.74, 6) is -0.359. The van der Waals surface area contributed by atoms with Crippen molar-refractivity contribution in [1.82, 2.24) is 5.32 Å². The van der Waals surface area contributed by atoms with E-state index >= 15 is 0 Å². The highest BCUT2D eigenvalue weighted by molar-refractivity contribution is 5.94. The molecule has 1 atom stereocenters. The molecule has 1 amide bonds. The van der Waals surface area contributed by atoms with Crippen LogP contribution < -0.4 is 5.32 Å². The Kier molecular flexibility index (Phi) is 7.92. The number of nitrogens with one attached hydrogen (secondary N) is 1. The van der Waals surface area contributed by atoms with E-state index in [2.05, 4.69) is 5.32 Å². The Hall–Kier alpha value is -1.88. The van der Waals surface area contributed by atoms with Crippen molar-refractivity contribution in [1.29, 1.82) is 0 Å². The smallest absolute Gasteiger partial charge is 0.303 e. The van der Waals surface area contributed by atoms with E-state index in [1.807, 2.05) is 18.2 Å². The lowest BCUT2D eigenvalue weighted by atomic mass is 9.84. The van der Waals surface area contributed by atoms with Crippen molar-refractivity contribution in [2.75, 3.05) is 7.11 Å². The van der Waals surface area contributed by atoms with Gasteiger partial charge in [-0.05, 0) is 36.5 Å². The molecule has 0 aromatic heterocycles. The largest absolute Gasteiger partial charge is 0.481 e. The molecule has 1 fully saturated rings. The van der Waals surface area contributed by atoms with Crippen molar-refractivity contribution in [2.45, 2.75) is 64.0 Å². The van der Waals surface area contributed by atoms with Gasteiger partial charge in [0.05, 0.1) is 6.61 Å². The van der Waals surface area contributed by atoms with Crippen molar-refractivity contribution >= 4 is 11.9 Å².